The van der Waals surface area contributed by atoms with Gasteiger partial charge in [-0.15, -0.1) is 0 Å². The quantitative estimate of drug-likeness (QED) is 0.164. The molecule has 49 heavy (non-hydrogen) atoms. The number of carbonyl (C=O) groups is 1. The molecule has 276 valence electrons. The average Bonchev–Trinajstić information content (AvgIpc) is 3.05. The van der Waals surface area contributed by atoms with Gasteiger partial charge in [-0.05, 0) is 121 Å². The Hall–Kier alpha value is -2.00. The molecule has 8 N–H and O–H groups in total. The zero-order valence-corrected chi connectivity index (χ0v) is 31.3. The first-order chi connectivity index (χ1) is 23.0. The molecule has 0 bridgehead atoms. The molecule has 0 aromatic heterocycles. The van der Waals surface area contributed by atoms with Crippen LogP contribution >= 0.6 is 23.2 Å². The van der Waals surface area contributed by atoms with Crippen LogP contribution in [0, 0.1) is 11.8 Å². The molecule has 2 aromatic carbocycles. The minimum absolute atomic E-state index is 0.0594. The van der Waals surface area contributed by atoms with Gasteiger partial charge in [-0.1, -0.05) is 47.5 Å². The lowest BCUT2D eigenvalue weighted by Gasteiger charge is -2.43. The molecule has 0 aliphatic carbocycles. The molecule has 0 saturated carbocycles. The molecule has 2 aromatic rings. The lowest BCUT2D eigenvalue weighted by Crippen LogP contribution is -2.49. The lowest BCUT2D eigenvalue weighted by molar-refractivity contribution is -0.0630. The van der Waals surface area contributed by atoms with Crippen molar-refractivity contribution in [2.24, 2.45) is 22.7 Å². The number of nitrogens with two attached hydrogens (primary N) is 2. The molecule has 14 heteroatoms. The molecule has 0 unspecified atom stereocenters. The van der Waals surface area contributed by atoms with Crippen LogP contribution in [-0.4, -0.2) is 74.5 Å². The van der Waals surface area contributed by atoms with Crippen molar-refractivity contribution in [3.63, 3.8) is 0 Å². The fraction of sp³-hybridized carbons (Fsp3) is 0.629. The van der Waals surface area contributed by atoms with Crippen LogP contribution < -0.4 is 20.9 Å². The van der Waals surface area contributed by atoms with E-state index in [0.29, 0.717) is 55.4 Å². The van der Waals surface area contributed by atoms with Crippen LogP contribution in [0.3, 0.4) is 0 Å². The van der Waals surface area contributed by atoms with E-state index in [0.717, 1.165) is 49.9 Å². The van der Waals surface area contributed by atoms with Gasteiger partial charge in [-0.2, -0.15) is 8.42 Å². The average molecular weight is 745 g/mol. The van der Waals surface area contributed by atoms with Gasteiger partial charge >= 0.3 is 6.09 Å². The summed E-state index contributed by atoms with van der Waals surface area (Å²) in [5.74, 6) is -0.0296. The second-order valence-electron chi connectivity index (χ2n) is 14.1. The third-order valence-corrected chi connectivity index (χ3v) is 10.2. The summed E-state index contributed by atoms with van der Waals surface area (Å²) in [5.41, 5.74) is 4.61. The number of halogens is 2. The van der Waals surface area contributed by atoms with Crippen LogP contribution in [0.4, 0.5) is 4.79 Å². The van der Waals surface area contributed by atoms with Crippen LogP contribution in [-0.2, 0) is 26.1 Å². The molecule has 11 nitrogen and oxygen atoms in total. The normalized spacial score (nSPS) is 21.1. The monoisotopic (exact) mass is 743 g/mol. The smallest absolute Gasteiger partial charge is 0.410 e. The molecule has 2 fully saturated rings. The van der Waals surface area contributed by atoms with E-state index in [2.05, 4.69) is 10.0 Å². The maximum atomic E-state index is 12.5. The third kappa shape index (κ3) is 12.9. The van der Waals surface area contributed by atoms with Crippen molar-refractivity contribution in [1.29, 1.82) is 0 Å². The van der Waals surface area contributed by atoms with Crippen molar-refractivity contribution in [2.45, 2.75) is 88.9 Å². The first kappa shape index (κ1) is 41.4. The predicted octanol–water partition coefficient (Wildman–Crippen LogP) is 5.01. The number of aliphatic hydroxyl groups is 2. The fourth-order valence-electron chi connectivity index (χ4n) is 6.75. The second-order valence-corrected chi connectivity index (χ2v) is 16.4. The molecule has 2 heterocycles. The van der Waals surface area contributed by atoms with Gasteiger partial charge < -0.3 is 30.9 Å². The summed E-state index contributed by atoms with van der Waals surface area (Å²) in [6.45, 7) is 9.06. The van der Waals surface area contributed by atoms with E-state index in [-0.39, 0.29) is 24.5 Å². The van der Waals surface area contributed by atoms with E-state index in [1.807, 2.05) is 51.1 Å². The highest BCUT2D eigenvalue weighted by atomic mass is 35.5. The maximum Gasteiger partial charge on any atom is 0.410 e. The highest BCUT2D eigenvalue weighted by Gasteiger charge is 2.42. The number of hydrogen-bond donors (Lipinski definition) is 6. The van der Waals surface area contributed by atoms with Gasteiger partial charge in [0.15, 0.2) is 0 Å². The third-order valence-electron chi connectivity index (χ3n) is 9.17. The zero-order valence-electron chi connectivity index (χ0n) is 29.0. The molecule has 2 aliphatic rings. The van der Waals surface area contributed by atoms with E-state index >= 15 is 0 Å². The highest BCUT2D eigenvalue weighted by molar-refractivity contribution is 7.87. The Morgan fingerprint density at radius 1 is 0.980 bits per heavy atom. The number of benzene rings is 2. The number of hydrogen-bond acceptors (Lipinski definition) is 8. The lowest BCUT2D eigenvalue weighted by atomic mass is 9.74. The summed E-state index contributed by atoms with van der Waals surface area (Å²) >= 11 is 12.2. The molecule has 2 aliphatic heterocycles. The Balaban J connectivity index is 0.000000267. The molecular formula is C35H55Cl2N5O6S. The van der Waals surface area contributed by atoms with Gasteiger partial charge in [0, 0.05) is 48.1 Å². The van der Waals surface area contributed by atoms with Gasteiger partial charge in [-0.25, -0.2) is 14.7 Å². The van der Waals surface area contributed by atoms with Crippen molar-refractivity contribution in [3.05, 3.63) is 69.7 Å². The molecule has 4 atom stereocenters. The largest absolute Gasteiger partial charge is 0.444 e. The van der Waals surface area contributed by atoms with Crippen LogP contribution in [0.25, 0.3) is 0 Å². The molecule has 1 amide bonds. The van der Waals surface area contributed by atoms with Crippen LogP contribution in [0.15, 0.2) is 48.5 Å². The van der Waals surface area contributed by atoms with Crippen molar-refractivity contribution < 1.29 is 28.2 Å². The number of rotatable bonds is 12. The summed E-state index contributed by atoms with van der Waals surface area (Å²) in [6, 6.07) is 14.6. The van der Waals surface area contributed by atoms with E-state index in [1.54, 1.807) is 23.1 Å². The number of piperidine rings is 2. The maximum absolute atomic E-state index is 12.5. The Labute approximate surface area is 302 Å². The Morgan fingerprint density at radius 2 is 1.55 bits per heavy atom. The van der Waals surface area contributed by atoms with E-state index in [1.165, 1.54) is 0 Å². The molecule has 2 saturated heterocycles. The zero-order chi connectivity index (χ0) is 36.3. The Bertz CT molecular complexity index is 1460. The van der Waals surface area contributed by atoms with Crippen molar-refractivity contribution >= 4 is 39.5 Å². The van der Waals surface area contributed by atoms with Gasteiger partial charge in [0.05, 0.1) is 11.2 Å². The van der Waals surface area contributed by atoms with Gasteiger partial charge in [0.2, 0.25) is 0 Å². The molecule has 4 rings (SSSR count). The van der Waals surface area contributed by atoms with Crippen LogP contribution in [0.1, 0.15) is 83.3 Å². The first-order valence-corrected chi connectivity index (χ1v) is 19.4. The van der Waals surface area contributed by atoms with Crippen molar-refractivity contribution in [1.82, 2.24) is 14.9 Å². The number of likely N-dealkylation sites (tertiary alicyclic amines) is 1. The van der Waals surface area contributed by atoms with Crippen molar-refractivity contribution in [3.8, 4) is 0 Å². The standard InChI is InChI=1S/C20H31ClN2O3.C15H24ClN3O3S/c1-19(2,3)26-18(24)23-12-5-8-16(14-23)20(25,10-6-11-22)15-7-4-9-17(21)13-15;16-14-6-1-4-12(10-14)15(20,13-5-2-8-18-11-13)7-3-9-19-23(17,21)22/h4,7,9,13,16,25H,5-6,8,10-12,14,22H2,1-3H3;1,4,6,10,13,18-20H,2-3,5,7-9,11H2,(H2,17,21,22)/t16-,20-;13-,15-/m11/s1. The van der Waals surface area contributed by atoms with E-state index in [9.17, 15) is 23.4 Å². The molecular weight excluding hydrogens is 689 g/mol. The van der Waals surface area contributed by atoms with E-state index in [4.69, 9.17) is 38.8 Å². The summed E-state index contributed by atoms with van der Waals surface area (Å²) in [4.78, 5) is 14.2. The number of carbonyl (C=O) groups excluding carboxylic acids is 1. The van der Waals surface area contributed by atoms with Gasteiger partial charge in [-0.3, -0.25) is 0 Å². The number of nitrogens with one attached hydrogen (secondary N) is 2. The SMILES string of the molecule is CC(C)(C)OC(=O)N1CCC[C@@H]([C@@](O)(CCCN)c2cccc(Cl)c2)C1.NS(=O)(=O)NCCC[C@@](O)(c1cccc(Cl)c1)[C@@H]1CCCNC1. The second kappa shape index (κ2) is 18.5. The Kier molecular flexibility index (Phi) is 15.6. The first-order valence-electron chi connectivity index (χ1n) is 17.1. The van der Waals surface area contributed by atoms with E-state index < -0.39 is 27.0 Å². The van der Waals surface area contributed by atoms with Gasteiger partial charge in [0.25, 0.3) is 10.2 Å². The number of nitrogens with zero attached hydrogens (tertiary/aromatic N) is 1. The summed E-state index contributed by atoms with van der Waals surface area (Å²) in [5, 5.41) is 32.4. The minimum atomic E-state index is -3.70. The van der Waals surface area contributed by atoms with Gasteiger partial charge in [0.1, 0.15) is 5.60 Å². The summed E-state index contributed by atoms with van der Waals surface area (Å²) in [6.07, 6.45) is 5.42. The summed E-state index contributed by atoms with van der Waals surface area (Å²) in [7, 11) is -3.70. The fourth-order valence-corrected chi connectivity index (χ4v) is 7.56. The number of ether oxygens (including phenoxy) is 1. The minimum Gasteiger partial charge on any atom is -0.444 e. The predicted molar refractivity (Wildman–Crippen MR) is 195 cm³/mol. The Morgan fingerprint density at radius 3 is 2.06 bits per heavy atom. The van der Waals surface area contributed by atoms with Crippen molar-refractivity contribution in [2.75, 3.05) is 39.3 Å². The highest BCUT2D eigenvalue weighted by Crippen LogP contribution is 2.41. The molecule has 0 radical (unpaired) electrons. The molecule has 0 spiro atoms. The number of amides is 1. The van der Waals surface area contributed by atoms with Crippen LogP contribution in [0.2, 0.25) is 10.0 Å². The summed E-state index contributed by atoms with van der Waals surface area (Å²) < 4.78 is 29.7. The van der Waals surface area contributed by atoms with Crippen LogP contribution in [0.5, 0.6) is 0 Å². The topological polar surface area (TPSA) is 180 Å².